The van der Waals surface area contributed by atoms with Crippen LogP contribution in [0.2, 0.25) is 0 Å². The van der Waals surface area contributed by atoms with Gasteiger partial charge in [0.2, 0.25) is 5.91 Å². The number of thiazole rings is 1. The van der Waals surface area contributed by atoms with Crippen LogP contribution < -0.4 is 10.6 Å². The Bertz CT molecular complexity index is 445. The molecule has 3 rings (SSSR count). The number of amides is 1. The second-order valence-electron chi connectivity index (χ2n) is 5.32. The molecule has 1 aromatic rings. The van der Waals surface area contributed by atoms with Crippen molar-refractivity contribution in [1.82, 2.24) is 15.6 Å². The molecule has 1 aliphatic heterocycles. The summed E-state index contributed by atoms with van der Waals surface area (Å²) in [4.78, 5) is 16.5. The van der Waals surface area contributed by atoms with Crippen LogP contribution in [0.25, 0.3) is 0 Å². The number of hydrogen-bond donors (Lipinski definition) is 2. The van der Waals surface area contributed by atoms with E-state index in [-0.39, 0.29) is 11.9 Å². The lowest BCUT2D eigenvalue weighted by Crippen LogP contribution is -2.43. The fourth-order valence-electron chi connectivity index (χ4n) is 3.25. The van der Waals surface area contributed by atoms with Gasteiger partial charge in [-0.1, -0.05) is 6.42 Å². The van der Waals surface area contributed by atoms with Crippen molar-refractivity contribution >= 4 is 17.2 Å². The first-order valence-electron chi connectivity index (χ1n) is 6.66. The molecule has 0 bridgehead atoms. The monoisotopic (exact) mass is 265 g/mol. The van der Waals surface area contributed by atoms with Gasteiger partial charge in [-0.05, 0) is 38.1 Å². The first kappa shape index (κ1) is 12.1. The average molecular weight is 265 g/mol. The molecule has 1 amide bonds. The number of carbonyl (C=O) groups is 1. The molecule has 2 N–H and O–H groups in total. The average Bonchev–Trinajstić information content (AvgIpc) is 3.01. The van der Waals surface area contributed by atoms with Gasteiger partial charge in [-0.3, -0.25) is 4.79 Å². The van der Waals surface area contributed by atoms with E-state index in [9.17, 15) is 4.79 Å². The van der Waals surface area contributed by atoms with Crippen molar-refractivity contribution in [3.63, 3.8) is 0 Å². The van der Waals surface area contributed by atoms with E-state index in [0.29, 0.717) is 12.5 Å². The maximum atomic E-state index is 12.2. The number of hydrogen-bond acceptors (Lipinski definition) is 4. The number of aryl methyl sites for hydroxylation is 1. The largest absolute Gasteiger partial charge is 0.349 e. The second-order valence-corrected chi connectivity index (χ2v) is 6.38. The lowest BCUT2D eigenvalue weighted by molar-refractivity contribution is -0.123. The summed E-state index contributed by atoms with van der Waals surface area (Å²) in [5.41, 5.74) is 0.965. The molecule has 1 aliphatic carbocycles. The highest BCUT2D eigenvalue weighted by molar-refractivity contribution is 7.09. The minimum absolute atomic E-state index is 0.0252. The molecule has 1 saturated heterocycles. The van der Waals surface area contributed by atoms with Gasteiger partial charge in [-0.25, -0.2) is 4.98 Å². The number of aromatic nitrogens is 1. The molecule has 3 atom stereocenters. The predicted octanol–water partition coefficient (Wildman–Crippen LogP) is 1.46. The van der Waals surface area contributed by atoms with Gasteiger partial charge >= 0.3 is 0 Å². The Morgan fingerprint density at radius 1 is 1.61 bits per heavy atom. The molecule has 5 heteroatoms. The number of fused-ring (bicyclic) bond motifs is 1. The van der Waals surface area contributed by atoms with Crippen molar-refractivity contribution < 1.29 is 4.79 Å². The SMILES string of the molecule is Cc1nc(CNC(=O)C2NCC3CCCC32)cs1. The quantitative estimate of drug-likeness (QED) is 0.870. The smallest absolute Gasteiger partial charge is 0.237 e. The van der Waals surface area contributed by atoms with Crippen molar-refractivity contribution in [2.45, 2.75) is 38.8 Å². The van der Waals surface area contributed by atoms with Gasteiger partial charge in [0, 0.05) is 5.38 Å². The summed E-state index contributed by atoms with van der Waals surface area (Å²) in [6.45, 7) is 3.55. The molecule has 18 heavy (non-hydrogen) atoms. The number of nitrogens with one attached hydrogen (secondary N) is 2. The fourth-order valence-corrected chi connectivity index (χ4v) is 3.86. The van der Waals surface area contributed by atoms with E-state index in [4.69, 9.17) is 0 Å². The van der Waals surface area contributed by atoms with Crippen molar-refractivity contribution in [2.75, 3.05) is 6.54 Å². The van der Waals surface area contributed by atoms with Crippen LogP contribution in [-0.4, -0.2) is 23.5 Å². The highest BCUT2D eigenvalue weighted by atomic mass is 32.1. The number of carbonyl (C=O) groups excluding carboxylic acids is 1. The summed E-state index contributed by atoms with van der Waals surface area (Å²) in [5, 5.41) is 9.44. The molecular formula is C13H19N3OS. The van der Waals surface area contributed by atoms with E-state index in [1.54, 1.807) is 11.3 Å². The van der Waals surface area contributed by atoms with E-state index in [0.717, 1.165) is 23.2 Å². The number of nitrogens with zero attached hydrogens (tertiary/aromatic N) is 1. The van der Waals surface area contributed by atoms with Gasteiger partial charge in [0.1, 0.15) is 0 Å². The Hall–Kier alpha value is -0.940. The molecule has 0 aromatic carbocycles. The van der Waals surface area contributed by atoms with Gasteiger partial charge < -0.3 is 10.6 Å². The van der Waals surface area contributed by atoms with Crippen LogP contribution in [0.1, 0.15) is 30.0 Å². The second kappa shape index (κ2) is 4.97. The molecule has 1 saturated carbocycles. The van der Waals surface area contributed by atoms with Crippen molar-refractivity contribution in [3.8, 4) is 0 Å². The molecule has 2 heterocycles. The fraction of sp³-hybridized carbons (Fsp3) is 0.692. The lowest BCUT2D eigenvalue weighted by atomic mass is 9.93. The van der Waals surface area contributed by atoms with E-state index in [2.05, 4.69) is 15.6 Å². The molecule has 1 aromatic heterocycles. The number of rotatable bonds is 3. The Morgan fingerprint density at radius 3 is 3.28 bits per heavy atom. The van der Waals surface area contributed by atoms with Gasteiger partial charge in [-0.15, -0.1) is 11.3 Å². The van der Waals surface area contributed by atoms with Crippen molar-refractivity contribution in [1.29, 1.82) is 0 Å². The summed E-state index contributed by atoms with van der Waals surface area (Å²) >= 11 is 1.63. The van der Waals surface area contributed by atoms with Gasteiger partial charge in [0.25, 0.3) is 0 Å². The van der Waals surface area contributed by atoms with Gasteiger partial charge in [0.15, 0.2) is 0 Å². The van der Waals surface area contributed by atoms with E-state index in [1.807, 2.05) is 12.3 Å². The molecule has 2 aliphatic rings. The molecule has 0 radical (unpaired) electrons. The van der Waals surface area contributed by atoms with Crippen LogP contribution in [-0.2, 0) is 11.3 Å². The maximum Gasteiger partial charge on any atom is 0.237 e. The summed E-state index contributed by atoms with van der Waals surface area (Å²) in [7, 11) is 0. The maximum absolute atomic E-state index is 12.2. The zero-order valence-corrected chi connectivity index (χ0v) is 11.4. The predicted molar refractivity (Wildman–Crippen MR) is 71.3 cm³/mol. The Morgan fingerprint density at radius 2 is 2.50 bits per heavy atom. The van der Waals surface area contributed by atoms with Crippen LogP contribution in [0, 0.1) is 18.8 Å². The third kappa shape index (κ3) is 2.29. The molecule has 98 valence electrons. The molecule has 0 spiro atoms. The van der Waals surface area contributed by atoms with E-state index < -0.39 is 0 Å². The minimum Gasteiger partial charge on any atom is -0.349 e. The first-order chi connectivity index (χ1) is 8.74. The molecule has 2 fully saturated rings. The van der Waals surface area contributed by atoms with Gasteiger partial charge in [0.05, 0.1) is 23.3 Å². The van der Waals surface area contributed by atoms with Crippen LogP contribution in [0.15, 0.2) is 5.38 Å². The topological polar surface area (TPSA) is 54.0 Å². The summed E-state index contributed by atoms with van der Waals surface area (Å²) in [5.74, 6) is 1.43. The van der Waals surface area contributed by atoms with Gasteiger partial charge in [-0.2, -0.15) is 0 Å². The molecule has 3 unspecified atom stereocenters. The highest BCUT2D eigenvalue weighted by Crippen LogP contribution is 2.37. The van der Waals surface area contributed by atoms with Crippen LogP contribution >= 0.6 is 11.3 Å². The van der Waals surface area contributed by atoms with Crippen LogP contribution in [0.5, 0.6) is 0 Å². The first-order valence-corrected chi connectivity index (χ1v) is 7.54. The van der Waals surface area contributed by atoms with E-state index in [1.165, 1.54) is 19.3 Å². The Labute approximate surface area is 111 Å². The normalized spacial score (nSPS) is 30.4. The Balaban J connectivity index is 1.55. The highest BCUT2D eigenvalue weighted by Gasteiger charge is 2.42. The summed E-state index contributed by atoms with van der Waals surface area (Å²) in [6.07, 6.45) is 3.77. The van der Waals surface area contributed by atoms with Crippen LogP contribution in [0.3, 0.4) is 0 Å². The van der Waals surface area contributed by atoms with Crippen molar-refractivity contribution in [3.05, 3.63) is 16.1 Å². The van der Waals surface area contributed by atoms with Crippen molar-refractivity contribution in [2.24, 2.45) is 11.8 Å². The standard InChI is InChI=1S/C13H19N3OS/c1-8-16-10(7-18-8)6-15-13(17)12-11-4-2-3-9(11)5-14-12/h7,9,11-12,14H,2-6H2,1H3,(H,15,17). The molecular weight excluding hydrogens is 246 g/mol. The zero-order valence-electron chi connectivity index (χ0n) is 10.6. The van der Waals surface area contributed by atoms with Crippen LogP contribution in [0.4, 0.5) is 0 Å². The summed E-state index contributed by atoms with van der Waals surface area (Å²) in [6, 6.07) is 0.0252. The minimum atomic E-state index is 0.0252. The summed E-state index contributed by atoms with van der Waals surface area (Å²) < 4.78 is 0. The third-order valence-electron chi connectivity index (χ3n) is 4.14. The lowest BCUT2D eigenvalue weighted by Gasteiger charge is -2.17. The molecule has 4 nitrogen and oxygen atoms in total. The Kier molecular flexibility index (Phi) is 3.35. The zero-order chi connectivity index (χ0) is 12.5. The third-order valence-corrected chi connectivity index (χ3v) is 4.96. The van der Waals surface area contributed by atoms with E-state index >= 15 is 0 Å².